The van der Waals surface area contributed by atoms with Crippen LogP contribution in [0.5, 0.6) is 0 Å². The predicted octanol–water partition coefficient (Wildman–Crippen LogP) is 4.07. The van der Waals surface area contributed by atoms with E-state index in [9.17, 15) is 8.42 Å². The van der Waals surface area contributed by atoms with Crippen molar-refractivity contribution in [3.63, 3.8) is 0 Å². The Hall–Kier alpha value is -2.05. The van der Waals surface area contributed by atoms with Crippen molar-refractivity contribution in [3.05, 3.63) is 53.8 Å². The molecule has 2 aromatic carbocycles. The van der Waals surface area contributed by atoms with E-state index in [1.54, 1.807) is 30.6 Å². The molecule has 120 valence electrons. The molecular weight excluding hydrogens is 334 g/mol. The lowest BCUT2D eigenvalue weighted by atomic mass is 10.2. The standard InChI is InChI=1S/C16H16ClN3O2S/c1-11(2)20-10-18-15-9-13(6-7-16(15)20)19-23(21,22)14-5-3-4-12(17)8-14/h3-11,19H,1-2H3. The minimum absolute atomic E-state index is 0.123. The monoisotopic (exact) mass is 349 g/mol. The Balaban J connectivity index is 1.95. The van der Waals surface area contributed by atoms with Crippen molar-refractivity contribution >= 4 is 38.3 Å². The van der Waals surface area contributed by atoms with Gasteiger partial charge in [-0.1, -0.05) is 17.7 Å². The fourth-order valence-corrected chi connectivity index (χ4v) is 3.70. The van der Waals surface area contributed by atoms with Crippen LogP contribution in [-0.4, -0.2) is 18.0 Å². The van der Waals surface area contributed by atoms with E-state index in [0.717, 1.165) is 11.0 Å². The fourth-order valence-electron chi connectivity index (χ4n) is 2.36. The number of nitrogens with one attached hydrogen (secondary N) is 1. The van der Waals surface area contributed by atoms with Crippen LogP contribution in [-0.2, 0) is 10.0 Å². The number of anilines is 1. The number of hydrogen-bond acceptors (Lipinski definition) is 3. The molecule has 0 aliphatic carbocycles. The van der Waals surface area contributed by atoms with E-state index in [0.29, 0.717) is 10.7 Å². The quantitative estimate of drug-likeness (QED) is 0.772. The van der Waals surface area contributed by atoms with E-state index in [1.165, 1.54) is 12.1 Å². The van der Waals surface area contributed by atoms with Crippen LogP contribution in [0.25, 0.3) is 11.0 Å². The first-order chi connectivity index (χ1) is 10.9. The van der Waals surface area contributed by atoms with Gasteiger partial charge in [-0.2, -0.15) is 0 Å². The Bertz CT molecular complexity index is 964. The van der Waals surface area contributed by atoms with Gasteiger partial charge in [0.05, 0.1) is 27.9 Å². The van der Waals surface area contributed by atoms with Gasteiger partial charge in [0.25, 0.3) is 10.0 Å². The van der Waals surface area contributed by atoms with Crippen molar-refractivity contribution in [2.45, 2.75) is 24.8 Å². The Labute approximate surface area is 140 Å². The van der Waals surface area contributed by atoms with Gasteiger partial charge in [0.15, 0.2) is 0 Å². The van der Waals surface area contributed by atoms with Gasteiger partial charge >= 0.3 is 0 Å². The second kappa shape index (κ2) is 5.86. The van der Waals surface area contributed by atoms with Crippen molar-refractivity contribution < 1.29 is 8.42 Å². The fraction of sp³-hybridized carbons (Fsp3) is 0.188. The summed E-state index contributed by atoms with van der Waals surface area (Å²) in [6.07, 6.45) is 1.75. The van der Waals surface area contributed by atoms with Crippen LogP contribution in [0.15, 0.2) is 53.7 Å². The molecule has 0 saturated heterocycles. The predicted molar refractivity (Wildman–Crippen MR) is 92.4 cm³/mol. The second-order valence-corrected chi connectivity index (χ2v) is 7.63. The van der Waals surface area contributed by atoms with Crippen molar-refractivity contribution in [2.75, 3.05) is 4.72 Å². The summed E-state index contributed by atoms with van der Waals surface area (Å²) < 4.78 is 29.4. The van der Waals surface area contributed by atoms with Gasteiger partial charge in [-0.3, -0.25) is 4.72 Å². The first-order valence-electron chi connectivity index (χ1n) is 7.12. The van der Waals surface area contributed by atoms with Gasteiger partial charge in [0.1, 0.15) is 0 Å². The number of benzene rings is 2. The lowest BCUT2D eigenvalue weighted by molar-refractivity contribution is 0.601. The molecule has 0 fully saturated rings. The van der Waals surface area contributed by atoms with Crippen molar-refractivity contribution in [1.82, 2.24) is 9.55 Å². The Morgan fingerprint density at radius 1 is 1.17 bits per heavy atom. The van der Waals surface area contributed by atoms with E-state index in [2.05, 4.69) is 23.6 Å². The molecule has 7 heteroatoms. The highest BCUT2D eigenvalue weighted by molar-refractivity contribution is 7.92. The summed E-state index contributed by atoms with van der Waals surface area (Å²) in [5.74, 6) is 0. The number of imidazole rings is 1. The minimum atomic E-state index is -3.68. The molecule has 0 aliphatic rings. The Kier molecular flexibility index (Phi) is 4.04. The van der Waals surface area contributed by atoms with Gasteiger partial charge in [0, 0.05) is 11.1 Å². The molecule has 0 radical (unpaired) electrons. The summed E-state index contributed by atoms with van der Waals surface area (Å²) in [6, 6.07) is 11.7. The molecule has 0 spiro atoms. The van der Waals surface area contributed by atoms with Gasteiger partial charge < -0.3 is 4.57 Å². The summed E-state index contributed by atoms with van der Waals surface area (Å²) in [5.41, 5.74) is 2.17. The molecule has 0 bridgehead atoms. The van der Waals surface area contributed by atoms with Gasteiger partial charge in [-0.25, -0.2) is 13.4 Å². The molecule has 1 heterocycles. The maximum absolute atomic E-state index is 12.4. The number of sulfonamides is 1. The number of aromatic nitrogens is 2. The number of fused-ring (bicyclic) bond motifs is 1. The first-order valence-corrected chi connectivity index (χ1v) is 8.98. The van der Waals surface area contributed by atoms with E-state index >= 15 is 0 Å². The molecule has 3 aromatic rings. The third-order valence-corrected chi connectivity index (χ3v) is 5.10. The molecule has 0 amide bonds. The number of nitrogens with zero attached hydrogens (tertiary/aromatic N) is 2. The SMILES string of the molecule is CC(C)n1cnc2cc(NS(=O)(=O)c3cccc(Cl)c3)ccc21. The third kappa shape index (κ3) is 3.18. The van der Waals surface area contributed by atoms with Crippen molar-refractivity contribution in [1.29, 1.82) is 0 Å². The van der Waals surface area contributed by atoms with E-state index in [-0.39, 0.29) is 10.9 Å². The highest BCUT2D eigenvalue weighted by Crippen LogP contribution is 2.24. The largest absolute Gasteiger partial charge is 0.328 e. The molecule has 0 unspecified atom stereocenters. The van der Waals surface area contributed by atoms with E-state index in [1.807, 2.05) is 10.6 Å². The summed E-state index contributed by atoms with van der Waals surface area (Å²) in [4.78, 5) is 4.45. The van der Waals surface area contributed by atoms with Crippen LogP contribution >= 0.6 is 11.6 Å². The van der Waals surface area contributed by atoms with E-state index < -0.39 is 10.0 Å². The van der Waals surface area contributed by atoms with Crippen LogP contribution in [0, 0.1) is 0 Å². The van der Waals surface area contributed by atoms with Crippen LogP contribution in [0.4, 0.5) is 5.69 Å². The second-order valence-electron chi connectivity index (χ2n) is 5.51. The smallest absolute Gasteiger partial charge is 0.261 e. The molecule has 1 N–H and O–H groups in total. The van der Waals surface area contributed by atoms with Crippen LogP contribution in [0.1, 0.15) is 19.9 Å². The highest BCUT2D eigenvalue weighted by atomic mass is 35.5. The average Bonchev–Trinajstić information content (AvgIpc) is 2.90. The lowest BCUT2D eigenvalue weighted by Crippen LogP contribution is -2.12. The maximum Gasteiger partial charge on any atom is 0.261 e. The van der Waals surface area contributed by atoms with Gasteiger partial charge in [-0.15, -0.1) is 0 Å². The van der Waals surface area contributed by atoms with Crippen LogP contribution in [0.2, 0.25) is 5.02 Å². The zero-order valence-corrected chi connectivity index (χ0v) is 14.3. The third-order valence-electron chi connectivity index (χ3n) is 3.49. The van der Waals surface area contributed by atoms with Crippen molar-refractivity contribution in [3.8, 4) is 0 Å². The van der Waals surface area contributed by atoms with Crippen LogP contribution in [0.3, 0.4) is 0 Å². The Morgan fingerprint density at radius 2 is 1.96 bits per heavy atom. The summed E-state index contributed by atoms with van der Waals surface area (Å²) >= 11 is 5.86. The zero-order chi connectivity index (χ0) is 16.6. The number of halogens is 1. The number of hydrogen-bond donors (Lipinski definition) is 1. The topological polar surface area (TPSA) is 64.0 Å². The van der Waals surface area contributed by atoms with Crippen LogP contribution < -0.4 is 4.72 Å². The molecule has 0 atom stereocenters. The van der Waals surface area contributed by atoms with E-state index in [4.69, 9.17) is 11.6 Å². The average molecular weight is 350 g/mol. The molecular formula is C16H16ClN3O2S. The highest BCUT2D eigenvalue weighted by Gasteiger charge is 2.15. The normalized spacial score (nSPS) is 12.0. The molecule has 23 heavy (non-hydrogen) atoms. The zero-order valence-electron chi connectivity index (χ0n) is 12.7. The first kappa shape index (κ1) is 15.8. The summed E-state index contributed by atoms with van der Waals surface area (Å²) in [6.45, 7) is 4.13. The molecule has 0 aliphatic heterocycles. The van der Waals surface area contributed by atoms with Gasteiger partial charge in [-0.05, 0) is 50.2 Å². The minimum Gasteiger partial charge on any atom is -0.328 e. The van der Waals surface area contributed by atoms with Gasteiger partial charge in [0.2, 0.25) is 0 Å². The molecule has 1 aromatic heterocycles. The summed E-state index contributed by atoms with van der Waals surface area (Å²) in [5, 5.41) is 0.374. The Morgan fingerprint density at radius 3 is 2.65 bits per heavy atom. The summed E-state index contributed by atoms with van der Waals surface area (Å²) in [7, 11) is -3.68. The maximum atomic E-state index is 12.4. The lowest BCUT2D eigenvalue weighted by Gasteiger charge is -2.10. The number of rotatable bonds is 4. The molecule has 0 saturated carbocycles. The molecule has 3 rings (SSSR count). The molecule has 5 nitrogen and oxygen atoms in total. The van der Waals surface area contributed by atoms with Crippen molar-refractivity contribution in [2.24, 2.45) is 0 Å².